The average molecular weight is 297 g/mol. The molecule has 1 heterocycles. The number of benzene rings is 1. The van der Waals surface area contributed by atoms with Crippen LogP contribution in [0, 0.1) is 6.92 Å². The van der Waals surface area contributed by atoms with Crippen molar-refractivity contribution in [2.45, 2.75) is 37.1 Å². The van der Waals surface area contributed by atoms with Gasteiger partial charge < -0.3 is 10.6 Å². The molecule has 1 saturated heterocycles. The Labute approximate surface area is 118 Å². The second-order valence-corrected chi connectivity index (χ2v) is 6.54. The molecule has 0 aromatic heterocycles. The van der Waals surface area contributed by atoms with Gasteiger partial charge in [0, 0.05) is 24.7 Å². The van der Waals surface area contributed by atoms with E-state index in [9.17, 15) is 13.2 Å². The molecule has 2 rings (SSSR count). The first-order valence-electron chi connectivity index (χ1n) is 6.53. The Morgan fingerprint density at radius 3 is 2.85 bits per heavy atom. The van der Waals surface area contributed by atoms with Crippen LogP contribution in [-0.2, 0) is 14.8 Å². The minimum atomic E-state index is -3.73. The number of hydrogen-bond donors (Lipinski definition) is 3. The third kappa shape index (κ3) is 3.49. The highest BCUT2D eigenvalue weighted by molar-refractivity contribution is 7.89. The van der Waals surface area contributed by atoms with Crippen molar-refractivity contribution in [1.29, 1.82) is 0 Å². The highest BCUT2D eigenvalue weighted by atomic mass is 32.2. The molecule has 1 aromatic carbocycles. The zero-order valence-corrected chi connectivity index (χ0v) is 12.2. The molecule has 0 spiro atoms. The van der Waals surface area contributed by atoms with E-state index in [2.05, 4.69) is 10.6 Å². The lowest BCUT2D eigenvalue weighted by Gasteiger charge is -2.19. The van der Waals surface area contributed by atoms with Crippen molar-refractivity contribution in [3.8, 4) is 0 Å². The molecule has 7 heteroatoms. The quantitative estimate of drug-likeness (QED) is 0.765. The second kappa shape index (κ2) is 5.80. The Morgan fingerprint density at radius 2 is 2.15 bits per heavy atom. The summed E-state index contributed by atoms with van der Waals surface area (Å²) < 4.78 is 23.0. The van der Waals surface area contributed by atoms with Gasteiger partial charge in [0.15, 0.2) is 0 Å². The van der Waals surface area contributed by atoms with E-state index in [0.717, 1.165) is 12.8 Å². The summed E-state index contributed by atoms with van der Waals surface area (Å²) in [6, 6.07) is 4.93. The maximum atomic E-state index is 11.5. The first kappa shape index (κ1) is 14.8. The van der Waals surface area contributed by atoms with Crippen LogP contribution in [0.25, 0.3) is 0 Å². The molecule has 0 aliphatic carbocycles. The minimum absolute atomic E-state index is 0.00642. The summed E-state index contributed by atoms with van der Waals surface area (Å²) in [7, 11) is -3.73. The zero-order chi connectivity index (χ0) is 14.8. The molecule has 110 valence electrons. The van der Waals surface area contributed by atoms with Crippen LogP contribution in [0.5, 0.6) is 0 Å². The van der Waals surface area contributed by atoms with Crippen LogP contribution in [0.4, 0.5) is 5.69 Å². The maximum absolute atomic E-state index is 11.5. The number of nitrogens with one attached hydrogen (secondary N) is 2. The van der Waals surface area contributed by atoms with E-state index in [1.54, 1.807) is 19.1 Å². The number of primary sulfonamides is 1. The Hall–Kier alpha value is -1.60. The van der Waals surface area contributed by atoms with E-state index in [0.29, 0.717) is 24.2 Å². The van der Waals surface area contributed by atoms with Gasteiger partial charge in [-0.1, -0.05) is 6.07 Å². The predicted octanol–water partition coefficient (Wildman–Crippen LogP) is 0.723. The predicted molar refractivity (Wildman–Crippen MR) is 76.8 cm³/mol. The number of carbonyl (C=O) groups excluding carboxylic acids is 1. The Bertz CT molecular complexity index is 613. The normalized spacial score (nSPS) is 20.1. The van der Waals surface area contributed by atoms with Crippen LogP contribution in [0.3, 0.4) is 0 Å². The maximum Gasteiger partial charge on any atom is 0.238 e. The highest BCUT2D eigenvalue weighted by Crippen LogP contribution is 2.24. The van der Waals surface area contributed by atoms with Crippen molar-refractivity contribution in [2.75, 3.05) is 11.9 Å². The van der Waals surface area contributed by atoms with Crippen LogP contribution < -0.4 is 15.8 Å². The van der Waals surface area contributed by atoms with E-state index in [1.807, 2.05) is 0 Å². The zero-order valence-electron chi connectivity index (χ0n) is 11.3. The fourth-order valence-corrected chi connectivity index (χ4v) is 3.20. The van der Waals surface area contributed by atoms with Gasteiger partial charge in [-0.15, -0.1) is 0 Å². The molecule has 0 radical (unpaired) electrons. The van der Waals surface area contributed by atoms with Gasteiger partial charge in [-0.3, -0.25) is 4.79 Å². The SMILES string of the molecule is Cc1c(NC2CCCNC(=O)C2)cccc1S(N)(=O)=O. The smallest absolute Gasteiger partial charge is 0.238 e. The van der Waals surface area contributed by atoms with Gasteiger partial charge in [0.25, 0.3) is 0 Å². The minimum Gasteiger partial charge on any atom is -0.382 e. The lowest BCUT2D eigenvalue weighted by atomic mass is 10.1. The van der Waals surface area contributed by atoms with Gasteiger partial charge >= 0.3 is 0 Å². The molecule has 1 atom stereocenters. The van der Waals surface area contributed by atoms with Gasteiger partial charge in [-0.25, -0.2) is 13.6 Å². The van der Waals surface area contributed by atoms with Crippen LogP contribution in [-0.4, -0.2) is 26.9 Å². The fraction of sp³-hybridized carbons (Fsp3) is 0.462. The summed E-state index contributed by atoms with van der Waals surface area (Å²) >= 11 is 0. The van der Waals surface area contributed by atoms with Gasteiger partial charge in [-0.05, 0) is 37.5 Å². The molecule has 20 heavy (non-hydrogen) atoms. The molecule has 1 unspecified atom stereocenters. The van der Waals surface area contributed by atoms with Crippen LogP contribution in [0.15, 0.2) is 23.1 Å². The fourth-order valence-electron chi connectivity index (χ4n) is 2.40. The van der Waals surface area contributed by atoms with Crippen molar-refractivity contribution in [3.05, 3.63) is 23.8 Å². The van der Waals surface area contributed by atoms with Gasteiger partial charge in [0.1, 0.15) is 0 Å². The van der Waals surface area contributed by atoms with Crippen molar-refractivity contribution in [3.63, 3.8) is 0 Å². The molecule has 1 aliphatic rings. The molecular formula is C13H19N3O3S. The lowest BCUT2D eigenvalue weighted by Crippen LogP contribution is -2.27. The number of rotatable bonds is 3. The number of amides is 1. The molecule has 6 nitrogen and oxygen atoms in total. The first-order chi connectivity index (χ1) is 9.38. The lowest BCUT2D eigenvalue weighted by molar-refractivity contribution is -0.120. The van der Waals surface area contributed by atoms with E-state index in [-0.39, 0.29) is 16.8 Å². The summed E-state index contributed by atoms with van der Waals surface area (Å²) in [6.07, 6.45) is 2.15. The summed E-state index contributed by atoms with van der Waals surface area (Å²) in [5.41, 5.74) is 1.29. The third-order valence-corrected chi connectivity index (χ3v) is 4.49. The number of sulfonamides is 1. The second-order valence-electron chi connectivity index (χ2n) is 5.01. The molecule has 0 bridgehead atoms. The number of hydrogen-bond acceptors (Lipinski definition) is 4. The topological polar surface area (TPSA) is 101 Å². The highest BCUT2D eigenvalue weighted by Gasteiger charge is 2.19. The number of carbonyl (C=O) groups is 1. The Kier molecular flexibility index (Phi) is 4.29. The molecule has 1 aliphatic heterocycles. The summed E-state index contributed by atoms with van der Waals surface area (Å²) in [5, 5.41) is 11.3. The van der Waals surface area contributed by atoms with E-state index in [1.165, 1.54) is 6.07 Å². The van der Waals surface area contributed by atoms with Gasteiger partial charge in [-0.2, -0.15) is 0 Å². The van der Waals surface area contributed by atoms with Crippen molar-refractivity contribution < 1.29 is 13.2 Å². The van der Waals surface area contributed by atoms with E-state index in [4.69, 9.17) is 5.14 Å². The first-order valence-corrected chi connectivity index (χ1v) is 8.08. The Morgan fingerprint density at radius 1 is 1.40 bits per heavy atom. The average Bonchev–Trinajstić information content (AvgIpc) is 2.55. The monoisotopic (exact) mass is 297 g/mol. The molecule has 1 amide bonds. The summed E-state index contributed by atoms with van der Waals surface area (Å²) in [5.74, 6) is 0.0141. The van der Waals surface area contributed by atoms with Crippen LogP contribution in [0.2, 0.25) is 0 Å². The number of anilines is 1. The van der Waals surface area contributed by atoms with Crippen LogP contribution in [0.1, 0.15) is 24.8 Å². The summed E-state index contributed by atoms with van der Waals surface area (Å²) in [6.45, 7) is 2.39. The molecule has 1 aromatic rings. The van der Waals surface area contributed by atoms with Crippen molar-refractivity contribution >= 4 is 21.6 Å². The number of nitrogens with two attached hydrogens (primary N) is 1. The Balaban J connectivity index is 2.23. The van der Waals surface area contributed by atoms with Gasteiger partial charge in [0.2, 0.25) is 15.9 Å². The van der Waals surface area contributed by atoms with Gasteiger partial charge in [0.05, 0.1) is 4.90 Å². The molecule has 1 fully saturated rings. The van der Waals surface area contributed by atoms with Crippen LogP contribution >= 0.6 is 0 Å². The third-order valence-electron chi connectivity index (χ3n) is 3.43. The van der Waals surface area contributed by atoms with E-state index < -0.39 is 10.0 Å². The summed E-state index contributed by atoms with van der Waals surface area (Å²) in [4.78, 5) is 11.6. The largest absolute Gasteiger partial charge is 0.382 e. The molecule has 4 N–H and O–H groups in total. The van der Waals surface area contributed by atoms with E-state index >= 15 is 0 Å². The standard InChI is InChI=1S/C13H19N3O3S/c1-9-11(5-2-6-12(9)20(14,18)19)16-10-4-3-7-15-13(17)8-10/h2,5-6,10,16H,3-4,7-8H2,1H3,(H,15,17)(H2,14,18,19). The molecular weight excluding hydrogens is 278 g/mol. The molecule has 0 saturated carbocycles. The van der Waals surface area contributed by atoms with Crippen molar-refractivity contribution in [2.24, 2.45) is 5.14 Å². The van der Waals surface area contributed by atoms with Crippen molar-refractivity contribution in [1.82, 2.24) is 5.32 Å².